The second-order valence-electron chi connectivity index (χ2n) is 10.7. The van der Waals surface area contributed by atoms with Crippen molar-refractivity contribution in [2.24, 2.45) is 34.5 Å². The number of carbonyl (C=O) groups is 2. The first-order valence-electron chi connectivity index (χ1n) is 10.7. The summed E-state index contributed by atoms with van der Waals surface area (Å²) in [6.45, 7) is 5.75. The number of aliphatic hydroxyl groups is 2. The van der Waals surface area contributed by atoms with Crippen LogP contribution in [0.4, 0.5) is 0 Å². The Morgan fingerprint density at radius 3 is 2.67 bits per heavy atom. The highest BCUT2D eigenvalue weighted by Gasteiger charge is 2.82. The lowest BCUT2D eigenvalue weighted by Crippen LogP contribution is -2.64. The highest BCUT2D eigenvalue weighted by atomic mass is 16.6. The van der Waals surface area contributed by atoms with E-state index < -0.39 is 23.4 Å². The fourth-order valence-corrected chi connectivity index (χ4v) is 8.55. The van der Waals surface area contributed by atoms with E-state index in [1.54, 1.807) is 0 Å². The minimum atomic E-state index is -1.47. The van der Waals surface area contributed by atoms with Gasteiger partial charge in [-0.05, 0) is 55.8 Å². The number of ketones is 2. The van der Waals surface area contributed by atoms with Crippen molar-refractivity contribution in [2.75, 3.05) is 6.61 Å². The highest BCUT2D eigenvalue weighted by molar-refractivity contribution is 5.90. The molecule has 0 aromatic carbocycles. The van der Waals surface area contributed by atoms with E-state index in [0.29, 0.717) is 36.9 Å². The molecule has 1 heterocycles. The van der Waals surface area contributed by atoms with Gasteiger partial charge in [0.2, 0.25) is 0 Å². The molecule has 0 aromatic rings. The second-order valence-corrected chi connectivity index (χ2v) is 10.7. The molecule has 1 spiro atoms. The topological polar surface area (TPSA) is 87.1 Å². The number of hydrogen-bond donors (Lipinski definition) is 2. The van der Waals surface area contributed by atoms with Gasteiger partial charge in [0.05, 0.1) is 6.10 Å². The Morgan fingerprint density at radius 2 is 1.96 bits per heavy atom. The van der Waals surface area contributed by atoms with Gasteiger partial charge in [-0.1, -0.05) is 20.8 Å². The molecule has 1 aliphatic heterocycles. The van der Waals surface area contributed by atoms with Gasteiger partial charge in [0.1, 0.15) is 23.6 Å². The molecule has 27 heavy (non-hydrogen) atoms. The average Bonchev–Trinajstić information content (AvgIpc) is 3.31. The van der Waals surface area contributed by atoms with E-state index in [-0.39, 0.29) is 29.0 Å². The smallest absolute Gasteiger partial charge is 0.190 e. The Bertz CT molecular complexity index is 719. The predicted octanol–water partition coefficient (Wildman–Crippen LogP) is 2.27. The normalized spacial score (nSPS) is 58.7. The molecule has 0 amide bonds. The standard InChI is InChI=1S/C22H32O5/c1-12-8-16-15-5-4-13-9-14(24)6-7-19(13,2)22(15)18(27-22)10-20(16,3)21(12,26)17(25)11-23/h12-13,15-16,18,23,26H,4-11H2,1-3H3/t12-,13+,15+,16?,18+,19+,20+,21+,22-/m1/s1. The van der Waals surface area contributed by atoms with Crippen molar-refractivity contribution in [2.45, 2.75) is 83.0 Å². The summed E-state index contributed by atoms with van der Waals surface area (Å²) in [5.41, 5.74) is -2.16. The van der Waals surface area contributed by atoms with Crippen molar-refractivity contribution < 1.29 is 24.5 Å². The molecule has 4 saturated carbocycles. The number of aliphatic hydroxyl groups excluding tert-OH is 1. The molecule has 4 aliphatic carbocycles. The zero-order valence-electron chi connectivity index (χ0n) is 16.7. The zero-order chi connectivity index (χ0) is 19.4. The molecule has 0 bridgehead atoms. The molecular weight excluding hydrogens is 344 g/mol. The number of rotatable bonds is 2. The third kappa shape index (κ3) is 1.83. The van der Waals surface area contributed by atoms with Crippen molar-refractivity contribution in [1.29, 1.82) is 0 Å². The molecule has 0 aromatic heterocycles. The molecule has 5 fully saturated rings. The average molecular weight is 376 g/mol. The number of fused-ring (bicyclic) bond motifs is 3. The van der Waals surface area contributed by atoms with Crippen LogP contribution in [0.25, 0.3) is 0 Å². The molecule has 0 radical (unpaired) electrons. The Hall–Kier alpha value is -0.780. The Labute approximate surface area is 160 Å². The van der Waals surface area contributed by atoms with E-state index in [4.69, 9.17) is 4.74 Å². The van der Waals surface area contributed by atoms with Crippen LogP contribution < -0.4 is 0 Å². The van der Waals surface area contributed by atoms with Gasteiger partial charge in [0.25, 0.3) is 0 Å². The maximum atomic E-state index is 12.6. The fourth-order valence-electron chi connectivity index (χ4n) is 8.55. The van der Waals surface area contributed by atoms with Crippen molar-refractivity contribution >= 4 is 11.6 Å². The Balaban J connectivity index is 1.56. The minimum absolute atomic E-state index is 0.0285. The van der Waals surface area contributed by atoms with Crippen LogP contribution in [0.5, 0.6) is 0 Å². The molecule has 1 unspecified atom stereocenters. The van der Waals surface area contributed by atoms with E-state index in [0.717, 1.165) is 25.7 Å². The first kappa shape index (κ1) is 18.3. The molecule has 2 N–H and O–H groups in total. The summed E-state index contributed by atoms with van der Waals surface area (Å²) in [5.74, 6) is 0.765. The first-order chi connectivity index (χ1) is 12.6. The molecule has 1 saturated heterocycles. The molecule has 5 nitrogen and oxygen atoms in total. The summed E-state index contributed by atoms with van der Waals surface area (Å²) < 4.78 is 6.52. The van der Waals surface area contributed by atoms with E-state index in [1.165, 1.54) is 0 Å². The van der Waals surface area contributed by atoms with E-state index in [1.807, 2.05) is 6.92 Å². The van der Waals surface area contributed by atoms with Crippen LogP contribution in [0.2, 0.25) is 0 Å². The fraction of sp³-hybridized carbons (Fsp3) is 0.909. The van der Waals surface area contributed by atoms with E-state index >= 15 is 0 Å². The summed E-state index contributed by atoms with van der Waals surface area (Å²) in [6, 6.07) is 0. The Kier molecular flexibility index (Phi) is 3.53. The van der Waals surface area contributed by atoms with Gasteiger partial charge in [-0.25, -0.2) is 0 Å². The van der Waals surface area contributed by atoms with Gasteiger partial charge in [0.15, 0.2) is 5.78 Å². The summed E-state index contributed by atoms with van der Waals surface area (Å²) in [7, 11) is 0. The number of epoxide rings is 1. The van der Waals surface area contributed by atoms with Gasteiger partial charge in [-0.15, -0.1) is 0 Å². The third-order valence-corrected chi connectivity index (χ3v) is 10.00. The SMILES string of the molecule is C[C@@H]1CC2[C@@H]3CC[C@H]4CC(=O)CC[C@]4(C)[C@@]34O[C@H]4C[C@]2(C)[C@@]1(O)C(=O)CO. The highest BCUT2D eigenvalue weighted by Crippen LogP contribution is 2.77. The van der Waals surface area contributed by atoms with Gasteiger partial charge in [0, 0.05) is 23.7 Å². The van der Waals surface area contributed by atoms with Gasteiger partial charge in [-0.3, -0.25) is 9.59 Å². The monoisotopic (exact) mass is 376 g/mol. The first-order valence-corrected chi connectivity index (χ1v) is 10.7. The number of Topliss-reactive ketones (excluding diaryl/α,β-unsaturated/α-hetero) is 2. The number of carbonyl (C=O) groups excluding carboxylic acids is 2. The summed E-state index contributed by atoms with van der Waals surface area (Å²) in [5, 5.41) is 21.1. The van der Waals surface area contributed by atoms with Crippen LogP contribution in [-0.2, 0) is 14.3 Å². The van der Waals surface area contributed by atoms with Crippen molar-refractivity contribution in [1.82, 2.24) is 0 Å². The molecule has 5 aliphatic rings. The third-order valence-electron chi connectivity index (χ3n) is 10.00. The number of ether oxygens (including phenoxy) is 1. The van der Waals surface area contributed by atoms with Crippen LogP contribution in [0, 0.1) is 34.5 Å². The lowest BCUT2D eigenvalue weighted by atomic mass is 9.44. The minimum Gasteiger partial charge on any atom is -0.388 e. The second kappa shape index (κ2) is 5.22. The van der Waals surface area contributed by atoms with Crippen LogP contribution in [0.15, 0.2) is 0 Å². The maximum Gasteiger partial charge on any atom is 0.190 e. The quantitative estimate of drug-likeness (QED) is 0.722. The van der Waals surface area contributed by atoms with Crippen LogP contribution in [0.3, 0.4) is 0 Å². The summed E-state index contributed by atoms with van der Waals surface area (Å²) in [4.78, 5) is 24.7. The van der Waals surface area contributed by atoms with Crippen LogP contribution >= 0.6 is 0 Å². The lowest BCUT2D eigenvalue weighted by molar-refractivity contribution is -0.170. The van der Waals surface area contributed by atoms with Crippen LogP contribution in [0.1, 0.15) is 65.7 Å². The molecule has 9 atom stereocenters. The van der Waals surface area contributed by atoms with E-state index in [9.17, 15) is 19.8 Å². The van der Waals surface area contributed by atoms with Crippen molar-refractivity contribution in [3.05, 3.63) is 0 Å². The predicted molar refractivity (Wildman–Crippen MR) is 97.8 cm³/mol. The molecular formula is C22H32O5. The van der Waals surface area contributed by atoms with Crippen molar-refractivity contribution in [3.63, 3.8) is 0 Å². The maximum absolute atomic E-state index is 12.6. The lowest BCUT2D eigenvalue weighted by Gasteiger charge is -2.58. The molecule has 5 rings (SSSR count). The van der Waals surface area contributed by atoms with Crippen LogP contribution in [-0.4, -0.2) is 45.7 Å². The molecule has 150 valence electrons. The Morgan fingerprint density at radius 1 is 1.22 bits per heavy atom. The largest absolute Gasteiger partial charge is 0.388 e. The van der Waals surface area contributed by atoms with Gasteiger partial charge < -0.3 is 14.9 Å². The summed E-state index contributed by atoms with van der Waals surface area (Å²) in [6.07, 6.45) is 5.85. The zero-order valence-corrected chi connectivity index (χ0v) is 16.7. The summed E-state index contributed by atoms with van der Waals surface area (Å²) >= 11 is 0. The van der Waals surface area contributed by atoms with Gasteiger partial charge >= 0.3 is 0 Å². The van der Waals surface area contributed by atoms with Gasteiger partial charge in [-0.2, -0.15) is 0 Å². The molecule has 5 heteroatoms. The number of hydrogen-bond acceptors (Lipinski definition) is 5. The van der Waals surface area contributed by atoms with E-state index in [2.05, 4.69) is 13.8 Å². The van der Waals surface area contributed by atoms with Crippen molar-refractivity contribution in [3.8, 4) is 0 Å².